The Morgan fingerprint density at radius 3 is 2.04 bits per heavy atom. The summed E-state index contributed by atoms with van der Waals surface area (Å²) in [6.07, 6.45) is 14.9. The summed E-state index contributed by atoms with van der Waals surface area (Å²) in [5, 5.41) is 0. The lowest BCUT2D eigenvalue weighted by molar-refractivity contribution is -0.135. The molecule has 4 aliphatic rings. The lowest BCUT2D eigenvalue weighted by Gasteiger charge is -2.45. The number of hydrogen-bond donors (Lipinski definition) is 1. The van der Waals surface area contributed by atoms with E-state index in [-0.39, 0.29) is 11.3 Å². The summed E-state index contributed by atoms with van der Waals surface area (Å²) in [6, 6.07) is 0.575. The van der Waals surface area contributed by atoms with Crippen molar-refractivity contribution in [3.05, 3.63) is 0 Å². The number of nitrogens with two attached hydrogens (primary N) is 1. The summed E-state index contributed by atoms with van der Waals surface area (Å²) in [7, 11) is 0. The van der Waals surface area contributed by atoms with Crippen molar-refractivity contribution in [2.75, 3.05) is 26.2 Å². The van der Waals surface area contributed by atoms with Crippen LogP contribution in [0.25, 0.3) is 0 Å². The molecule has 5 nitrogen and oxygen atoms in total. The quantitative estimate of drug-likeness (QED) is 0.758. The second kappa shape index (κ2) is 8.73. The SMILES string of the molecule is NC(=O)C1(CC2CC2)CCN(C2CCN(C(=O)CC3CCCCC3)CC2)CC1. The molecule has 2 N–H and O–H groups in total. The molecule has 2 aliphatic heterocycles. The number of amides is 2. The van der Waals surface area contributed by atoms with E-state index in [1.165, 1.54) is 44.9 Å². The second-order valence-electron chi connectivity index (χ2n) is 10.1. The first-order valence-electron chi connectivity index (χ1n) is 11.9. The van der Waals surface area contributed by atoms with Crippen molar-refractivity contribution in [1.29, 1.82) is 0 Å². The molecule has 2 saturated carbocycles. The van der Waals surface area contributed by atoms with Crippen LogP contribution in [0.4, 0.5) is 0 Å². The standard InChI is InChI=1S/C23H39N3O2/c24-22(28)23(17-19-6-7-19)10-14-25(15-11-23)20-8-12-26(13-9-20)21(27)16-18-4-2-1-3-5-18/h18-20H,1-17H2,(H2,24,28). The van der Waals surface area contributed by atoms with E-state index in [0.717, 1.165) is 70.6 Å². The van der Waals surface area contributed by atoms with E-state index < -0.39 is 0 Å². The molecule has 158 valence electrons. The molecule has 28 heavy (non-hydrogen) atoms. The Bertz CT molecular complexity index is 552. The van der Waals surface area contributed by atoms with Crippen molar-refractivity contribution >= 4 is 11.8 Å². The second-order valence-corrected chi connectivity index (χ2v) is 10.1. The fourth-order valence-corrected chi connectivity index (χ4v) is 5.99. The fourth-order valence-electron chi connectivity index (χ4n) is 5.99. The van der Waals surface area contributed by atoms with Crippen LogP contribution in [0.15, 0.2) is 0 Å². The van der Waals surface area contributed by atoms with E-state index in [4.69, 9.17) is 5.73 Å². The first kappa shape index (κ1) is 20.2. The molecule has 4 rings (SSSR count). The van der Waals surface area contributed by atoms with Crippen molar-refractivity contribution in [1.82, 2.24) is 9.80 Å². The number of rotatable bonds is 6. The van der Waals surface area contributed by atoms with Gasteiger partial charge in [0.15, 0.2) is 0 Å². The molecule has 4 fully saturated rings. The Morgan fingerprint density at radius 2 is 1.46 bits per heavy atom. The zero-order valence-corrected chi connectivity index (χ0v) is 17.5. The van der Waals surface area contributed by atoms with Crippen LogP contribution in [0.2, 0.25) is 0 Å². The van der Waals surface area contributed by atoms with Gasteiger partial charge in [0.05, 0.1) is 5.41 Å². The molecule has 2 heterocycles. The van der Waals surface area contributed by atoms with E-state index >= 15 is 0 Å². The Hall–Kier alpha value is -1.10. The molecular weight excluding hydrogens is 350 g/mol. The van der Waals surface area contributed by atoms with Crippen LogP contribution in [0.5, 0.6) is 0 Å². The van der Waals surface area contributed by atoms with Crippen LogP contribution in [0.3, 0.4) is 0 Å². The highest BCUT2D eigenvalue weighted by molar-refractivity contribution is 5.81. The summed E-state index contributed by atoms with van der Waals surface area (Å²) in [4.78, 5) is 29.5. The van der Waals surface area contributed by atoms with Gasteiger partial charge in [-0.25, -0.2) is 0 Å². The maximum Gasteiger partial charge on any atom is 0.223 e. The van der Waals surface area contributed by atoms with Crippen LogP contribution >= 0.6 is 0 Å². The third-order valence-corrected chi connectivity index (χ3v) is 8.18. The maximum atomic E-state index is 12.7. The Labute approximate surface area is 170 Å². The van der Waals surface area contributed by atoms with Gasteiger partial charge in [0, 0.05) is 25.6 Å². The third kappa shape index (κ3) is 4.72. The molecule has 0 aromatic heterocycles. The van der Waals surface area contributed by atoms with E-state index in [1.54, 1.807) is 0 Å². The minimum Gasteiger partial charge on any atom is -0.369 e. The van der Waals surface area contributed by atoms with Crippen LogP contribution < -0.4 is 5.73 Å². The van der Waals surface area contributed by atoms with Crippen molar-refractivity contribution in [2.24, 2.45) is 23.0 Å². The molecule has 0 unspecified atom stereocenters. The topological polar surface area (TPSA) is 66.6 Å². The number of carbonyl (C=O) groups is 2. The van der Waals surface area contributed by atoms with Crippen molar-refractivity contribution in [3.63, 3.8) is 0 Å². The molecule has 2 amide bonds. The average Bonchev–Trinajstić information content (AvgIpc) is 3.53. The van der Waals surface area contributed by atoms with Crippen LogP contribution in [0, 0.1) is 17.3 Å². The summed E-state index contributed by atoms with van der Waals surface area (Å²) in [5.41, 5.74) is 5.59. The normalized spacial score (nSPS) is 27.6. The van der Waals surface area contributed by atoms with Gasteiger partial charge in [-0.15, -0.1) is 0 Å². The Kier molecular flexibility index (Phi) is 6.29. The summed E-state index contributed by atoms with van der Waals surface area (Å²) in [6.45, 7) is 3.82. The lowest BCUT2D eigenvalue weighted by Crippen LogP contribution is -2.53. The van der Waals surface area contributed by atoms with Gasteiger partial charge < -0.3 is 15.5 Å². The largest absolute Gasteiger partial charge is 0.369 e. The number of piperidine rings is 2. The highest BCUT2D eigenvalue weighted by Crippen LogP contribution is 2.46. The minimum atomic E-state index is -0.242. The minimum absolute atomic E-state index is 0.0674. The molecule has 2 saturated heterocycles. The molecule has 0 aromatic carbocycles. The van der Waals surface area contributed by atoms with Gasteiger partial charge in [-0.05, 0) is 69.9 Å². The van der Waals surface area contributed by atoms with Crippen LogP contribution in [0.1, 0.15) is 83.5 Å². The van der Waals surface area contributed by atoms with E-state index in [1.807, 2.05) is 0 Å². The fraction of sp³-hybridized carbons (Fsp3) is 0.913. The number of nitrogens with zero attached hydrogens (tertiary/aromatic N) is 2. The van der Waals surface area contributed by atoms with E-state index in [0.29, 0.717) is 17.9 Å². The molecule has 0 atom stereocenters. The first-order chi connectivity index (χ1) is 13.6. The number of primary amides is 1. The highest BCUT2D eigenvalue weighted by atomic mass is 16.2. The molecule has 2 aliphatic carbocycles. The Balaban J connectivity index is 1.22. The monoisotopic (exact) mass is 389 g/mol. The van der Waals surface area contributed by atoms with Gasteiger partial charge in [-0.3, -0.25) is 9.59 Å². The molecular formula is C23H39N3O2. The summed E-state index contributed by atoms with van der Waals surface area (Å²) >= 11 is 0. The molecule has 0 spiro atoms. The molecule has 0 bridgehead atoms. The number of carbonyl (C=O) groups excluding carboxylic acids is 2. The first-order valence-corrected chi connectivity index (χ1v) is 11.9. The van der Waals surface area contributed by atoms with E-state index in [2.05, 4.69) is 9.80 Å². The van der Waals surface area contributed by atoms with Gasteiger partial charge in [-0.2, -0.15) is 0 Å². The zero-order valence-electron chi connectivity index (χ0n) is 17.5. The average molecular weight is 390 g/mol. The zero-order chi connectivity index (χ0) is 19.6. The predicted molar refractivity (Wildman–Crippen MR) is 111 cm³/mol. The van der Waals surface area contributed by atoms with Crippen molar-refractivity contribution in [3.8, 4) is 0 Å². The van der Waals surface area contributed by atoms with Gasteiger partial charge in [0.2, 0.25) is 11.8 Å². The van der Waals surface area contributed by atoms with Crippen molar-refractivity contribution in [2.45, 2.75) is 89.5 Å². The molecule has 0 radical (unpaired) electrons. The summed E-state index contributed by atoms with van der Waals surface area (Å²) in [5.74, 6) is 1.70. The number of likely N-dealkylation sites (tertiary alicyclic amines) is 2. The molecule has 0 aromatic rings. The van der Waals surface area contributed by atoms with Gasteiger partial charge in [-0.1, -0.05) is 32.1 Å². The summed E-state index contributed by atoms with van der Waals surface area (Å²) < 4.78 is 0. The Morgan fingerprint density at radius 1 is 0.821 bits per heavy atom. The van der Waals surface area contributed by atoms with E-state index in [9.17, 15) is 9.59 Å². The molecule has 5 heteroatoms. The van der Waals surface area contributed by atoms with Crippen LogP contribution in [-0.2, 0) is 9.59 Å². The van der Waals surface area contributed by atoms with Gasteiger partial charge in [0.1, 0.15) is 0 Å². The highest BCUT2D eigenvalue weighted by Gasteiger charge is 2.44. The van der Waals surface area contributed by atoms with Gasteiger partial charge in [0.25, 0.3) is 0 Å². The smallest absolute Gasteiger partial charge is 0.223 e. The van der Waals surface area contributed by atoms with Crippen molar-refractivity contribution < 1.29 is 9.59 Å². The lowest BCUT2D eigenvalue weighted by atomic mass is 9.73. The predicted octanol–water partition coefficient (Wildman–Crippen LogP) is 3.32. The van der Waals surface area contributed by atoms with Crippen LogP contribution in [-0.4, -0.2) is 53.8 Å². The third-order valence-electron chi connectivity index (χ3n) is 8.18. The maximum absolute atomic E-state index is 12.7. The number of hydrogen-bond acceptors (Lipinski definition) is 3. The van der Waals surface area contributed by atoms with Gasteiger partial charge >= 0.3 is 0 Å².